The summed E-state index contributed by atoms with van der Waals surface area (Å²) in [6, 6.07) is 16.7. The van der Waals surface area contributed by atoms with Gasteiger partial charge in [0.1, 0.15) is 0 Å². The van der Waals surface area contributed by atoms with Crippen molar-refractivity contribution >= 4 is 22.2 Å². The predicted molar refractivity (Wildman–Crippen MR) is 120 cm³/mol. The maximum Gasteiger partial charge on any atom is 0.263 e. The molecule has 0 N–H and O–H groups in total. The number of rotatable bonds is 4. The minimum Gasteiger partial charge on any atom is -0.378 e. The molecular weight excluding hydrogens is 344 g/mol. The molecule has 0 radical (unpaired) electrons. The highest BCUT2D eigenvalue weighted by Crippen LogP contribution is 2.29. The SMILES string of the molecule is CCc1cc2cccc(-c3ccc(N(C)C)cc3)c2c(=O)n1C1=CCCC=C1. The van der Waals surface area contributed by atoms with Gasteiger partial charge in [-0.3, -0.25) is 9.36 Å². The molecule has 3 heteroatoms. The number of aromatic nitrogens is 1. The van der Waals surface area contributed by atoms with Crippen LogP contribution in [0.1, 0.15) is 25.5 Å². The number of hydrogen-bond donors (Lipinski definition) is 0. The zero-order valence-electron chi connectivity index (χ0n) is 16.8. The van der Waals surface area contributed by atoms with Gasteiger partial charge in [-0.25, -0.2) is 0 Å². The van der Waals surface area contributed by atoms with Crippen molar-refractivity contribution in [3.63, 3.8) is 0 Å². The highest BCUT2D eigenvalue weighted by Gasteiger charge is 2.15. The van der Waals surface area contributed by atoms with Gasteiger partial charge in [0.25, 0.3) is 5.56 Å². The van der Waals surface area contributed by atoms with E-state index in [1.807, 2.05) is 30.8 Å². The van der Waals surface area contributed by atoms with Crippen molar-refractivity contribution < 1.29 is 0 Å². The zero-order valence-corrected chi connectivity index (χ0v) is 16.8. The average Bonchev–Trinajstić information content (AvgIpc) is 2.73. The smallest absolute Gasteiger partial charge is 0.263 e. The Labute approximate surface area is 166 Å². The molecule has 1 heterocycles. The van der Waals surface area contributed by atoms with Gasteiger partial charge in [-0.1, -0.05) is 49.4 Å². The van der Waals surface area contributed by atoms with Crippen LogP contribution in [-0.2, 0) is 6.42 Å². The van der Waals surface area contributed by atoms with Gasteiger partial charge in [-0.05, 0) is 60.1 Å². The molecule has 0 unspecified atom stereocenters. The third kappa shape index (κ3) is 3.18. The van der Waals surface area contributed by atoms with Gasteiger partial charge in [-0.15, -0.1) is 0 Å². The summed E-state index contributed by atoms with van der Waals surface area (Å²) in [5.74, 6) is 0. The number of aryl methyl sites for hydroxylation is 1. The van der Waals surface area contributed by atoms with Crippen LogP contribution in [0.5, 0.6) is 0 Å². The van der Waals surface area contributed by atoms with E-state index in [2.05, 4.69) is 66.4 Å². The lowest BCUT2D eigenvalue weighted by molar-refractivity contribution is 0.895. The lowest BCUT2D eigenvalue weighted by Crippen LogP contribution is -2.23. The number of benzene rings is 2. The zero-order chi connectivity index (χ0) is 19.7. The molecule has 1 aromatic heterocycles. The van der Waals surface area contributed by atoms with Crippen LogP contribution in [0.25, 0.3) is 27.6 Å². The van der Waals surface area contributed by atoms with Crippen LogP contribution in [-0.4, -0.2) is 18.7 Å². The molecule has 1 aliphatic rings. The van der Waals surface area contributed by atoms with Crippen LogP contribution in [0.15, 0.2) is 71.6 Å². The summed E-state index contributed by atoms with van der Waals surface area (Å²) < 4.78 is 1.90. The summed E-state index contributed by atoms with van der Waals surface area (Å²) in [6.07, 6.45) is 9.23. The second-order valence-electron chi connectivity index (χ2n) is 7.45. The topological polar surface area (TPSA) is 25.2 Å². The number of nitrogens with zero attached hydrogens (tertiary/aromatic N) is 2. The van der Waals surface area contributed by atoms with Crippen molar-refractivity contribution in [3.05, 3.63) is 82.8 Å². The summed E-state index contributed by atoms with van der Waals surface area (Å²) in [6.45, 7) is 2.11. The van der Waals surface area contributed by atoms with Crippen LogP contribution < -0.4 is 10.5 Å². The first kappa shape index (κ1) is 18.3. The number of allylic oxidation sites excluding steroid dienone is 4. The molecule has 0 saturated carbocycles. The molecule has 3 nitrogen and oxygen atoms in total. The lowest BCUT2D eigenvalue weighted by Gasteiger charge is -2.18. The van der Waals surface area contributed by atoms with E-state index in [-0.39, 0.29) is 5.56 Å². The lowest BCUT2D eigenvalue weighted by atomic mass is 9.98. The Morgan fingerprint density at radius 2 is 1.82 bits per heavy atom. The monoisotopic (exact) mass is 370 g/mol. The van der Waals surface area contributed by atoms with E-state index < -0.39 is 0 Å². The van der Waals surface area contributed by atoms with Gasteiger partial charge < -0.3 is 4.90 Å². The molecular formula is C25H26N2O. The van der Waals surface area contributed by atoms with Gasteiger partial charge in [-0.2, -0.15) is 0 Å². The number of hydrogen-bond acceptors (Lipinski definition) is 2. The van der Waals surface area contributed by atoms with Gasteiger partial charge in [0.2, 0.25) is 0 Å². The van der Waals surface area contributed by atoms with E-state index in [1.165, 1.54) is 0 Å². The third-order valence-corrected chi connectivity index (χ3v) is 5.41. The Kier molecular flexibility index (Phi) is 4.91. The third-order valence-electron chi connectivity index (χ3n) is 5.41. The fourth-order valence-corrected chi connectivity index (χ4v) is 3.90. The molecule has 0 atom stereocenters. The second-order valence-corrected chi connectivity index (χ2v) is 7.45. The van der Waals surface area contributed by atoms with Gasteiger partial charge in [0, 0.05) is 31.2 Å². The Hall–Kier alpha value is -3.07. The van der Waals surface area contributed by atoms with Gasteiger partial charge in [0.05, 0.1) is 5.39 Å². The molecule has 28 heavy (non-hydrogen) atoms. The van der Waals surface area contributed by atoms with E-state index in [9.17, 15) is 4.79 Å². The van der Waals surface area contributed by atoms with E-state index in [4.69, 9.17) is 0 Å². The van der Waals surface area contributed by atoms with E-state index >= 15 is 0 Å². The molecule has 0 spiro atoms. The van der Waals surface area contributed by atoms with Crippen molar-refractivity contribution in [2.24, 2.45) is 0 Å². The standard InChI is InChI=1S/C25H26N2O/c1-4-20-17-19-9-8-12-23(18-13-15-21(16-14-18)26(2)3)24(19)25(28)27(20)22-10-6-5-7-11-22/h6,8-17H,4-5,7H2,1-3H3. The maximum absolute atomic E-state index is 13.7. The van der Waals surface area contributed by atoms with Crippen LogP contribution in [0.3, 0.4) is 0 Å². The Morgan fingerprint density at radius 1 is 1.04 bits per heavy atom. The maximum atomic E-state index is 13.7. The first-order valence-corrected chi connectivity index (χ1v) is 9.92. The molecule has 0 fully saturated rings. The first-order chi connectivity index (χ1) is 13.6. The normalized spacial score (nSPS) is 13.6. The van der Waals surface area contributed by atoms with Crippen molar-refractivity contribution in [2.45, 2.75) is 26.2 Å². The van der Waals surface area contributed by atoms with E-state index in [0.717, 1.165) is 58.2 Å². The number of fused-ring (bicyclic) bond motifs is 1. The van der Waals surface area contributed by atoms with Crippen LogP contribution >= 0.6 is 0 Å². The Morgan fingerprint density at radius 3 is 2.46 bits per heavy atom. The van der Waals surface area contributed by atoms with Crippen LogP contribution in [0, 0.1) is 0 Å². The fraction of sp³-hybridized carbons (Fsp3) is 0.240. The highest BCUT2D eigenvalue weighted by molar-refractivity contribution is 5.97. The molecule has 1 aliphatic carbocycles. The Balaban J connectivity index is 1.97. The number of pyridine rings is 1. The molecule has 142 valence electrons. The van der Waals surface area contributed by atoms with Crippen molar-refractivity contribution in [3.8, 4) is 11.1 Å². The van der Waals surface area contributed by atoms with Gasteiger partial charge in [0.15, 0.2) is 0 Å². The van der Waals surface area contributed by atoms with E-state index in [1.54, 1.807) is 0 Å². The predicted octanol–water partition coefficient (Wildman–Crippen LogP) is 5.49. The highest BCUT2D eigenvalue weighted by atomic mass is 16.1. The first-order valence-electron chi connectivity index (χ1n) is 9.92. The largest absolute Gasteiger partial charge is 0.378 e. The summed E-state index contributed by atoms with van der Waals surface area (Å²) in [5.41, 5.74) is 5.32. The minimum absolute atomic E-state index is 0.0689. The summed E-state index contributed by atoms with van der Waals surface area (Å²) in [5, 5.41) is 1.80. The second kappa shape index (κ2) is 7.51. The molecule has 4 rings (SSSR count). The summed E-state index contributed by atoms with van der Waals surface area (Å²) in [7, 11) is 4.06. The Bertz CT molecular complexity index is 1130. The van der Waals surface area contributed by atoms with Crippen LogP contribution in [0.4, 0.5) is 5.69 Å². The van der Waals surface area contributed by atoms with E-state index in [0.29, 0.717) is 0 Å². The summed E-state index contributed by atoms with van der Waals surface area (Å²) >= 11 is 0. The van der Waals surface area contributed by atoms with Gasteiger partial charge >= 0.3 is 0 Å². The van der Waals surface area contributed by atoms with Crippen molar-refractivity contribution in [1.82, 2.24) is 4.57 Å². The molecule has 0 aliphatic heterocycles. The summed E-state index contributed by atoms with van der Waals surface area (Å²) in [4.78, 5) is 15.7. The minimum atomic E-state index is 0.0689. The molecule has 2 aromatic carbocycles. The van der Waals surface area contributed by atoms with Crippen molar-refractivity contribution in [2.75, 3.05) is 19.0 Å². The quantitative estimate of drug-likeness (QED) is 0.607. The fourth-order valence-electron chi connectivity index (χ4n) is 3.90. The molecule has 0 amide bonds. The van der Waals surface area contributed by atoms with Crippen molar-refractivity contribution in [1.29, 1.82) is 0 Å². The van der Waals surface area contributed by atoms with Crippen LogP contribution in [0.2, 0.25) is 0 Å². The molecule has 3 aromatic rings. The molecule has 0 bridgehead atoms. The molecule has 0 saturated heterocycles. The number of anilines is 1. The average molecular weight is 370 g/mol.